The summed E-state index contributed by atoms with van der Waals surface area (Å²) in [6.45, 7) is 6.59. The van der Waals surface area contributed by atoms with Gasteiger partial charge in [-0.2, -0.15) is 0 Å². The fraction of sp³-hybridized carbons (Fsp3) is 0.526. The second kappa shape index (κ2) is 8.65. The predicted molar refractivity (Wildman–Crippen MR) is 109 cm³/mol. The quantitative estimate of drug-likeness (QED) is 0.632. The molecule has 1 aliphatic rings. The van der Waals surface area contributed by atoms with Crippen molar-refractivity contribution in [3.63, 3.8) is 0 Å². The lowest BCUT2D eigenvalue weighted by molar-refractivity contribution is -0.130. The zero-order chi connectivity index (χ0) is 20.3. The van der Waals surface area contributed by atoms with E-state index in [2.05, 4.69) is 10.2 Å². The molecular weight excluding hydrogens is 398 g/mol. The molecule has 0 aliphatic carbocycles. The van der Waals surface area contributed by atoms with Crippen LogP contribution in [0.2, 0.25) is 0 Å². The molecule has 152 valence electrons. The van der Waals surface area contributed by atoms with Gasteiger partial charge in [-0.3, -0.25) is 4.79 Å². The van der Waals surface area contributed by atoms with Gasteiger partial charge in [0.25, 0.3) is 5.22 Å². The molecule has 28 heavy (non-hydrogen) atoms. The highest BCUT2D eigenvalue weighted by atomic mass is 32.2. The summed E-state index contributed by atoms with van der Waals surface area (Å²) in [7, 11) is -3.03. The third kappa shape index (κ3) is 4.94. The van der Waals surface area contributed by atoms with Gasteiger partial charge in [0, 0.05) is 18.2 Å². The van der Waals surface area contributed by atoms with Gasteiger partial charge in [-0.05, 0) is 49.9 Å². The molecule has 9 heteroatoms. The normalized spacial score (nSPS) is 18.3. The number of amides is 1. The fourth-order valence-corrected chi connectivity index (χ4v) is 5.62. The number of sulfone groups is 1. The highest BCUT2D eigenvalue weighted by Gasteiger charge is 2.34. The van der Waals surface area contributed by atoms with Crippen molar-refractivity contribution in [2.75, 3.05) is 23.8 Å². The van der Waals surface area contributed by atoms with Gasteiger partial charge in [-0.25, -0.2) is 8.42 Å². The maximum absolute atomic E-state index is 12.7. The number of aromatic nitrogens is 2. The number of carbonyl (C=O) groups is 1. The smallest absolute Gasteiger partial charge is 0.277 e. The molecule has 0 spiro atoms. The molecule has 2 aromatic rings. The van der Waals surface area contributed by atoms with E-state index in [0.29, 0.717) is 24.1 Å². The molecule has 1 aromatic carbocycles. The van der Waals surface area contributed by atoms with Gasteiger partial charge in [-0.1, -0.05) is 24.8 Å². The summed E-state index contributed by atoms with van der Waals surface area (Å²) in [6, 6.07) is 5.70. The Kier molecular flexibility index (Phi) is 6.44. The van der Waals surface area contributed by atoms with Crippen LogP contribution in [0.3, 0.4) is 0 Å². The molecule has 0 bridgehead atoms. The third-order valence-electron chi connectivity index (χ3n) is 4.91. The van der Waals surface area contributed by atoms with Crippen LogP contribution in [0.4, 0.5) is 0 Å². The van der Waals surface area contributed by atoms with Crippen LogP contribution in [0.1, 0.15) is 30.9 Å². The highest BCUT2D eigenvalue weighted by molar-refractivity contribution is 7.99. The van der Waals surface area contributed by atoms with E-state index in [1.807, 2.05) is 39.0 Å². The monoisotopic (exact) mass is 423 g/mol. The van der Waals surface area contributed by atoms with Crippen LogP contribution in [0, 0.1) is 13.8 Å². The minimum Gasteiger partial charge on any atom is -0.411 e. The van der Waals surface area contributed by atoms with E-state index in [1.165, 1.54) is 17.3 Å². The Balaban J connectivity index is 1.63. The first kappa shape index (κ1) is 20.9. The number of aryl methyl sites for hydroxylation is 2. The molecule has 2 heterocycles. The molecule has 0 saturated carbocycles. The van der Waals surface area contributed by atoms with Crippen molar-refractivity contribution < 1.29 is 17.6 Å². The first-order chi connectivity index (χ1) is 13.3. The summed E-state index contributed by atoms with van der Waals surface area (Å²) in [4.78, 5) is 14.4. The topological polar surface area (TPSA) is 93.4 Å². The van der Waals surface area contributed by atoms with Gasteiger partial charge < -0.3 is 9.32 Å². The number of carbonyl (C=O) groups excluding carboxylic acids is 1. The van der Waals surface area contributed by atoms with Crippen LogP contribution in [0.5, 0.6) is 0 Å². The molecule has 1 saturated heterocycles. The number of hydrogen-bond donors (Lipinski definition) is 0. The highest BCUT2D eigenvalue weighted by Crippen LogP contribution is 2.26. The molecule has 1 aliphatic heterocycles. The summed E-state index contributed by atoms with van der Waals surface area (Å²) in [6.07, 6.45) is 1.29. The summed E-state index contributed by atoms with van der Waals surface area (Å²) in [5.74, 6) is 0.679. The molecule has 0 radical (unpaired) electrons. The minimum absolute atomic E-state index is 0.0564. The second-order valence-corrected chi connectivity index (χ2v) is 10.3. The Bertz CT molecular complexity index is 956. The van der Waals surface area contributed by atoms with Crippen molar-refractivity contribution in [3.8, 4) is 11.5 Å². The number of hydrogen-bond acceptors (Lipinski definition) is 7. The van der Waals surface area contributed by atoms with Gasteiger partial charge >= 0.3 is 0 Å². The molecule has 1 atom stereocenters. The van der Waals surface area contributed by atoms with Crippen LogP contribution >= 0.6 is 11.8 Å². The van der Waals surface area contributed by atoms with Gasteiger partial charge in [0.2, 0.25) is 11.8 Å². The largest absolute Gasteiger partial charge is 0.411 e. The first-order valence-corrected chi connectivity index (χ1v) is 12.1. The van der Waals surface area contributed by atoms with Crippen molar-refractivity contribution >= 4 is 27.5 Å². The van der Waals surface area contributed by atoms with Crippen LogP contribution in [-0.4, -0.2) is 59.3 Å². The zero-order valence-corrected chi connectivity index (χ0v) is 18.0. The first-order valence-electron chi connectivity index (χ1n) is 9.33. The fourth-order valence-electron chi connectivity index (χ4n) is 3.24. The van der Waals surface area contributed by atoms with Crippen molar-refractivity contribution in [2.45, 2.75) is 44.9 Å². The van der Waals surface area contributed by atoms with E-state index in [9.17, 15) is 13.2 Å². The standard InChI is InChI=1S/C19H25N3O4S2/c1-4-8-22(16-7-9-28(24,25)12-16)17(23)11-27-19-21-20-18(26-19)15-6-5-13(2)14(3)10-15/h5-6,10,16H,4,7-9,11-12H2,1-3H3/t16-/m0/s1. The average Bonchev–Trinajstić information content (AvgIpc) is 3.26. The Labute approximate surface area is 169 Å². The van der Waals surface area contributed by atoms with Crippen molar-refractivity contribution in [3.05, 3.63) is 29.3 Å². The van der Waals surface area contributed by atoms with Crippen molar-refractivity contribution in [1.29, 1.82) is 0 Å². The maximum atomic E-state index is 12.7. The van der Waals surface area contributed by atoms with Gasteiger partial charge in [-0.15, -0.1) is 10.2 Å². The summed E-state index contributed by atoms with van der Waals surface area (Å²) >= 11 is 1.18. The van der Waals surface area contributed by atoms with Crippen LogP contribution in [0.15, 0.2) is 27.8 Å². The number of nitrogens with zero attached hydrogens (tertiary/aromatic N) is 3. The van der Waals surface area contributed by atoms with E-state index in [4.69, 9.17) is 4.42 Å². The number of thioether (sulfide) groups is 1. The molecule has 1 aromatic heterocycles. The lowest BCUT2D eigenvalue weighted by atomic mass is 10.1. The Morgan fingerprint density at radius 2 is 2.07 bits per heavy atom. The second-order valence-electron chi connectivity index (χ2n) is 7.10. The van der Waals surface area contributed by atoms with Crippen molar-refractivity contribution in [1.82, 2.24) is 15.1 Å². The van der Waals surface area contributed by atoms with Crippen LogP contribution < -0.4 is 0 Å². The summed E-state index contributed by atoms with van der Waals surface area (Å²) in [5, 5.41) is 8.42. The van der Waals surface area contributed by atoms with Gasteiger partial charge in [0.05, 0.1) is 17.3 Å². The summed E-state index contributed by atoms with van der Waals surface area (Å²) < 4.78 is 29.2. The van der Waals surface area contributed by atoms with E-state index >= 15 is 0 Å². The van der Waals surface area contributed by atoms with Crippen LogP contribution in [0.25, 0.3) is 11.5 Å². The maximum Gasteiger partial charge on any atom is 0.277 e. The zero-order valence-electron chi connectivity index (χ0n) is 16.3. The van der Waals surface area contributed by atoms with E-state index < -0.39 is 9.84 Å². The lowest BCUT2D eigenvalue weighted by Gasteiger charge is -2.27. The minimum atomic E-state index is -3.03. The third-order valence-corrected chi connectivity index (χ3v) is 7.47. The molecule has 7 nitrogen and oxygen atoms in total. The van der Waals surface area contributed by atoms with E-state index in [0.717, 1.165) is 17.5 Å². The average molecular weight is 424 g/mol. The molecule has 1 fully saturated rings. The molecule has 0 N–H and O–H groups in total. The molecule has 3 rings (SSSR count). The molecule has 1 amide bonds. The Morgan fingerprint density at radius 1 is 1.29 bits per heavy atom. The molecule has 0 unspecified atom stereocenters. The van der Waals surface area contributed by atoms with E-state index in [-0.39, 0.29) is 29.2 Å². The summed E-state index contributed by atoms with van der Waals surface area (Å²) in [5.41, 5.74) is 3.17. The van der Waals surface area contributed by atoms with E-state index in [1.54, 1.807) is 4.90 Å². The Hall–Kier alpha value is -1.87. The Morgan fingerprint density at radius 3 is 2.71 bits per heavy atom. The van der Waals surface area contributed by atoms with Crippen LogP contribution in [-0.2, 0) is 14.6 Å². The predicted octanol–water partition coefficient (Wildman–Crippen LogP) is 2.87. The number of rotatable bonds is 7. The van der Waals surface area contributed by atoms with Crippen molar-refractivity contribution in [2.24, 2.45) is 0 Å². The van der Waals surface area contributed by atoms with Gasteiger partial charge in [0.15, 0.2) is 9.84 Å². The number of benzene rings is 1. The molecular formula is C19H25N3O4S2. The SMILES string of the molecule is CCCN(C(=O)CSc1nnc(-c2ccc(C)c(C)c2)o1)[C@H]1CCS(=O)(=O)C1. The van der Waals surface area contributed by atoms with Gasteiger partial charge in [0.1, 0.15) is 0 Å². The lowest BCUT2D eigenvalue weighted by Crippen LogP contribution is -2.42.